The number of carbonyl (C=O) groups excluding carboxylic acids is 1. The lowest BCUT2D eigenvalue weighted by Gasteiger charge is -2.28. The van der Waals surface area contributed by atoms with E-state index in [4.69, 9.17) is 18.6 Å². The molecule has 6 heteroatoms. The number of benzene rings is 3. The van der Waals surface area contributed by atoms with E-state index >= 15 is 0 Å². The molecule has 1 aromatic heterocycles. The Labute approximate surface area is 190 Å². The number of rotatable bonds is 4. The first-order valence-corrected chi connectivity index (χ1v) is 10.6. The van der Waals surface area contributed by atoms with Gasteiger partial charge in [-0.15, -0.1) is 0 Å². The number of fused-ring (bicyclic) bond motifs is 3. The third-order valence-corrected chi connectivity index (χ3v) is 6.06. The van der Waals surface area contributed by atoms with E-state index in [9.17, 15) is 9.59 Å². The van der Waals surface area contributed by atoms with Crippen LogP contribution >= 0.6 is 0 Å². The Morgan fingerprint density at radius 2 is 1.67 bits per heavy atom. The molecule has 0 aliphatic carbocycles. The van der Waals surface area contributed by atoms with Crippen LogP contribution in [-0.4, -0.2) is 20.2 Å². The second kappa shape index (κ2) is 8.13. The maximum Gasteiger partial charge on any atom is 0.336 e. The normalized spacial score (nSPS) is 15.1. The van der Waals surface area contributed by atoms with Gasteiger partial charge in [-0.2, -0.15) is 0 Å². The van der Waals surface area contributed by atoms with Crippen LogP contribution in [0, 0.1) is 6.92 Å². The van der Waals surface area contributed by atoms with Crippen LogP contribution in [0.25, 0.3) is 22.1 Å². The van der Waals surface area contributed by atoms with Crippen LogP contribution in [0.4, 0.5) is 0 Å². The Morgan fingerprint density at radius 1 is 0.909 bits per heavy atom. The molecule has 166 valence electrons. The predicted octanol–water partition coefficient (Wildman–Crippen LogP) is 5.23. The van der Waals surface area contributed by atoms with Crippen LogP contribution in [0.1, 0.15) is 29.0 Å². The molecule has 1 aliphatic rings. The quantitative estimate of drug-likeness (QED) is 0.245. The highest BCUT2D eigenvalue weighted by Gasteiger charge is 2.33. The lowest BCUT2D eigenvalue weighted by Crippen LogP contribution is -2.22. The molecule has 0 N–H and O–H groups in total. The van der Waals surface area contributed by atoms with Crippen molar-refractivity contribution in [1.82, 2.24) is 0 Å². The molecule has 0 saturated carbocycles. The molecule has 3 aromatic carbocycles. The van der Waals surface area contributed by atoms with Gasteiger partial charge in [0.2, 0.25) is 0 Å². The van der Waals surface area contributed by atoms with Crippen molar-refractivity contribution in [3.8, 4) is 28.4 Å². The molecule has 2 heterocycles. The molecule has 0 spiro atoms. The van der Waals surface area contributed by atoms with Crippen LogP contribution in [0.5, 0.6) is 17.2 Å². The van der Waals surface area contributed by atoms with Crippen molar-refractivity contribution in [2.75, 3.05) is 14.2 Å². The molecule has 0 unspecified atom stereocenters. The fourth-order valence-electron chi connectivity index (χ4n) is 4.60. The number of hydrogen-bond acceptors (Lipinski definition) is 6. The third kappa shape index (κ3) is 3.53. The summed E-state index contributed by atoms with van der Waals surface area (Å²) in [6.45, 7) is 1.93. The van der Waals surface area contributed by atoms with E-state index < -0.39 is 5.63 Å². The van der Waals surface area contributed by atoms with Crippen LogP contribution in [0.15, 0.2) is 69.9 Å². The molecule has 33 heavy (non-hydrogen) atoms. The number of ether oxygens (including phenoxy) is 3. The van der Waals surface area contributed by atoms with Crippen molar-refractivity contribution in [2.24, 2.45) is 0 Å². The minimum absolute atomic E-state index is 0.187. The fraction of sp³-hybridized carbons (Fsp3) is 0.185. The van der Waals surface area contributed by atoms with Gasteiger partial charge in [0.1, 0.15) is 11.3 Å². The molecule has 5 rings (SSSR count). The summed E-state index contributed by atoms with van der Waals surface area (Å²) in [6.07, 6.45) is 0.187. The topological polar surface area (TPSA) is 75.0 Å². The van der Waals surface area contributed by atoms with Gasteiger partial charge in [-0.25, -0.2) is 4.79 Å². The molecule has 1 aliphatic heterocycles. The molecular formula is C27H22O6. The van der Waals surface area contributed by atoms with E-state index in [1.165, 1.54) is 6.07 Å². The highest BCUT2D eigenvalue weighted by molar-refractivity contribution is 6.01. The average Bonchev–Trinajstić information content (AvgIpc) is 2.82. The molecule has 4 aromatic rings. The standard InChI is InChI=1S/C27H22O6/c1-15-11-22-26(18(13-23(28)32-22)16-7-5-4-6-8-16)27-25(15)19(14-24(29)33-27)17-9-10-20(30-2)21(12-17)31-3/h4-13,19H,14H2,1-3H3/t19-/m0/s1. The summed E-state index contributed by atoms with van der Waals surface area (Å²) >= 11 is 0. The summed E-state index contributed by atoms with van der Waals surface area (Å²) < 4.78 is 22.2. The highest BCUT2D eigenvalue weighted by Crippen LogP contribution is 2.48. The van der Waals surface area contributed by atoms with E-state index in [2.05, 4.69) is 0 Å². The highest BCUT2D eigenvalue weighted by atomic mass is 16.5. The minimum atomic E-state index is -0.459. The lowest BCUT2D eigenvalue weighted by molar-refractivity contribution is -0.135. The molecule has 0 amide bonds. The van der Waals surface area contributed by atoms with E-state index in [1.807, 2.05) is 61.5 Å². The molecule has 0 radical (unpaired) electrons. The lowest BCUT2D eigenvalue weighted by atomic mass is 9.82. The number of carbonyl (C=O) groups is 1. The first-order valence-electron chi connectivity index (χ1n) is 10.6. The van der Waals surface area contributed by atoms with Gasteiger partial charge in [0, 0.05) is 23.1 Å². The number of esters is 1. The monoisotopic (exact) mass is 442 g/mol. The summed E-state index contributed by atoms with van der Waals surface area (Å²) in [6, 6.07) is 18.5. The second-order valence-corrected chi connectivity index (χ2v) is 8.00. The largest absolute Gasteiger partial charge is 0.493 e. The van der Waals surface area contributed by atoms with Crippen molar-refractivity contribution < 1.29 is 23.4 Å². The predicted molar refractivity (Wildman–Crippen MR) is 124 cm³/mol. The van der Waals surface area contributed by atoms with Crippen molar-refractivity contribution >= 4 is 16.9 Å². The Morgan fingerprint density at radius 3 is 2.39 bits per heavy atom. The summed E-state index contributed by atoms with van der Waals surface area (Å²) in [5.74, 6) is 1.04. The van der Waals surface area contributed by atoms with Crippen molar-refractivity contribution in [2.45, 2.75) is 19.3 Å². The van der Waals surface area contributed by atoms with E-state index in [0.717, 1.165) is 22.3 Å². The van der Waals surface area contributed by atoms with Gasteiger partial charge in [-0.3, -0.25) is 4.79 Å². The average molecular weight is 442 g/mol. The van der Waals surface area contributed by atoms with Gasteiger partial charge >= 0.3 is 11.6 Å². The first kappa shape index (κ1) is 20.8. The zero-order chi connectivity index (χ0) is 23.1. The van der Waals surface area contributed by atoms with E-state index in [-0.39, 0.29) is 18.3 Å². The molecule has 0 fully saturated rings. The van der Waals surface area contributed by atoms with Gasteiger partial charge < -0.3 is 18.6 Å². The minimum Gasteiger partial charge on any atom is -0.493 e. The first-order chi connectivity index (χ1) is 16.0. The third-order valence-electron chi connectivity index (χ3n) is 6.06. The zero-order valence-corrected chi connectivity index (χ0v) is 18.5. The van der Waals surface area contributed by atoms with Crippen LogP contribution < -0.4 is 19.8 Å². The summed E-state index contributed by atoms with van der Waals surface area (Å²) in [4.78, 5) is 25.1. The molecule has 1 atom stereocenters. The van der Waals surface area contributed by atoms with Gasteiger partial charge in [-0.1, -0.05) is 36.4 Å². The SMILES string of the molecule is COc1ccc([C@@H]2CC(=O)Oc3c2c(C)cc2oc(=O)cc(-c4ccccc4)c32)cc1OC. The molecule has 6 nitrogen and oxygen atoms in total. The maximum atomic E-state index is 12.8. The Bertz CT molecular complexity index is 1430. The van der Waals surface area contributed by atoms with Gasteiger partial charge in [-0.05, 0) is 41.8 Å². The van der Waals surface area contributed by atoms with E-state index in [0.29, 0.717) is 33.8 Å². The summed E-state index contributed by atoms with van der Waals surface area (Å²) in [5.41, 5.74) is 4.10. The number of methoxy groups -OCH3 is 2. The van der Waals surface area contributed by atoms with Gasteiger partial charge in [0.05, 0.1) is 26.0 Å². The Hall–Kier alpha value is -4.06. The molecule has 0 bridgehead atoms. The molecular weight excluding hydrogens is 420 g/mol. The smallest absolute Gasteiger partial charge is 0.336 e. The van der Waals surface area contributed by atoms with Crippen LogP contribution in [0.2, 0.25) is 0 Å². The summed E-state index contributed by atoms with van der Waals surface area (Å²) in [7, 11) is 3.16. The Kier molecular flexibility index (Phi) is 5.13. The van der Waals surface area contributed by atoms with Crippen LogP contribution in [-0.2, 0) is 4.79 Å². The van der Waals surface area contributed by atoms with Gasteiger partial charge in [0.15, 0.2) is 11.5 Å². The fourth-order valence-corrected chi connectivity index (χ4v) is 4.60. The molecule has 0 saturated heterocycles. The van der Waals surface area contributed by atoms with Crippen molar-refractivity contribution in [3.63, 3.8) is 0 Å². The van der Waals surface area contributed by atoms with E-state index in [1.54, 1.807) is 14.2 Å². The maximum absolute atomic E-state index is 12.8. The second-order valence-electron chi connectivity index (χ2n) is 8.00. The Balaban J connectivity index is 1.80. The van der Waals surface area contributed by atoms with Crippen molar-refractivity contribution in [3.05, 3.63) is 87.8 Å². The van der Waals surface area contributed by atoms with Crippen molar-refractivity contribution in [1.29, 1.82) is 0 Å². The number of hydrogen-bond donors (Lipinski definition) is 0. The summed E-state index contributed by atoms with van der Waals surface area (Å²) in [5, 5.41) is 0.611. The number of aryl methyl sites for hydroxylation is 1. The zero-order valence-electron chi connectivity index (χ0n) is 18.5. The van der Waals surface area contributed by atoms with Crippen LogP contribution in [0.3, 0.4) is 0 Å². The van der Waals surface area contributed by atoms with Gasteiger partial charge in [0.25, 0.3) is 0 Å².